The Hall–Kier alpha value is -2.92. The third kappa shape index (κ3) is 3.78. The molecule has 1 amide bonds. The molecule has 1 aromatic heterocycles. The molecular formula is C22H23N3O2. The van der Waals surface area contributed by atoms with E-state index in [1.54, 1.807) is 7.11 Å². The van der Waals surface area contributed by atoms with E-state index in [-0.39, 0.29) is 5.91 Å². The van der Waals surface area contributed by atoms with Crippen LogP contribution in [0.25, 0.3) is 10.9 Å². The number of methoxy groups -OCH3 is 1. The Morgan fingerprint density at radius 1 is 1.00 bits per heavy atom. The highest BCUT2D eigenvalue weighted by Gasteiger charge is 2.22. The maximum atomic E-state index is 12.7. The Kier molecular flexibility index (Phi) is 5.03. The minimum Gasteiger partial charge on any atom is -0.497 e. The fourth-order valence-corrected chi connectivity index (χ4v) is 3.56. The van der Waals surface area contributed by atoms with Crippen molar-refractivity contribution in [2.75, 3.05) is 33.3 Å². The number of carbonyl (C=O) groups is 1. The molecule has 0 radical (unpaired) electrons. The molecule has 0 N–H and O–H groups in total. The molecule has 0 saturated carbocycles. The van der Waals surface area contributed by atoms with Gasteiger partial charge in [0.1, 0.15) is 5.75 Å². The van der Waals surface area contributed by atoms with Crippen LogP contribution in [-0.4, -0.2) is 54.0 Å². The molecule has 1 aliphatic heterocycles. The molecule has 1 fully saturated rings. The first kappa shape index (κ1) is 17.5. The molecule has 138 valence electrons. The average molecular weight is 361 g/mol. The van der Waals surface area contributed by atoms with Gasteiger partial charge in [-0.25, -0.2) is 0 Å². The molecule has 0 unspecified atom stereocenters. The van der Waals surface area contributed by atoms with Crippen molar-refractivity contribution < 1.29 is 9.53 Å². The maximum absolute atomic E-state index is 12.7. The van der Waals surface area contributed by atoms with Gasteiger partial charge in [-0.05, 0) is 35.9 Å². The third-order valence-electron chi connectivity index (χ3n) is 5.11. The summed E-state index contributed by atoms with van der Waals surface area (Å²) in [5, 5.41) is 1.17. The van der Waals surface area contributed by atoms with Gasteiger partial charge in [-0.15, -0.1) is 0 Å². The number of amides is 1. The summed E-state index contributed by atoms with van der Waals surface area (Å²) in [6, 6.07) is 17.7. The van der Waals surface area contributed by atoms with Crippen LogP contribution in [0.2, 0.25) is 0 Å². The van der Waals surface area contributed by atoms with Gasteiger partial charge in [0.25, 0.3) is 5.91 Å². The number of rotatable bonds is 4. The number of para-hydroxylation sites is 1. The van der Waals surface area contributed by atoms with Gasteiger partial charge in [0.15, 0.2) is 0 Å². The van der Waals surface area contributed by atoms with Gasteiger partial charge in [0.05, 0.1) is 12.6 Å². The lowest BCUT2D eigenvalue weighted by Crippen LogP contribution is -2.48. The summed E-state index contributed by atoms with van der Waals surface area (Å²) in [7, 11) is 1.63. The van der Waals surface area contributed by atoms with Crippen molar-refractivity contribution in [1.29, 1.82) is 0 Å². The second kappa shape index (κ2) is 7.76. The van der Waals surface area contributed by atoms with Gasteiger partial charge in [-0.2, -0.15) is 0 Å². The first-order valence-corrected chi connectivity index (χ1v) is 9.23. The van der Waals surface area contributed by atoms with E-state index in [1.165, 1.54) is 10.9 Å². The highest BCUT2D eigenvalue weighted by atomic mass is 16.5. The molecule has 27 heavy (non-hydrogen) atoms. The van der Waals surface area contributed by atoms with Gasteiger partial charge in [0, 0.05) is 49.9 Å². The molecule has 0 bridgehead atoms. The largest absolute Gasteiger partial charge is 0.497 e. The molecule has 3 aromatic rings. The van der Waals surface area contributed by atoms with Crippen LogP contribution in [0, 0.1) is 0 Å². The summed E-state index contributed by atoms with van der Waals surface area (Å²) in [4.78, 5) is 21.6. The Labute approximate surface area is 159 Å². The number of aromatic nitrogens is 1. The average Bonchev–Trinajstić information content (AvgIpc) is 2.74. The third-order valence-corrected chi connectivity index (χ3v) is 5.11. The highest BCUT2D eigenvalue weighted by Crippen LogP contribution is 2.19. The molecule has 0 spiro atoms. The number of hydrogen-bond donors (Lipinski definition) is 0. The standard InChI is InChI=1S/C22H23N3O2/c1-27-20-9-7-18(8-10-20)22(26)25-14-12-24(13-15-25)16-19-5-2-4-17-6-3-11-23-21(17)19/h2-11H,12-16H2,1H3. The topological polar surface area (TPSA) is 45.7 Å². The minimum absolute atomic E-state index is 0.0872. The smallest absolute Gasteiger partial charge is 0.253 e. The number of ether oxygens (including phenoxy) is 1. The van der Waals surface area contributed by atoms with Crippen molar-refractivity contribution in [3.8, 4) is 5.75 Å². The molecule has 0 aliphatic carbocycles. The molecule has 5 nitrogen and oxygen atoms in total. The molecule has 5 heteroatoms. The fraction of sp³-hybridized carbons (Fsp3) is 0.273. The van der Waals surface area contributed by atoms with Crippen LogP contribution in [-0.2, 0) is 6.54 Å². The van der Waals surface area contributed by atoms with E-state index in [0.717, 1.165) is 44.0 Å². The second-order valence-electron chi connectivity index (χ2n) is 6.79. The van der Waals surface area contributed by atoms with Crippen LogP contribution in [0.5, 0.6) is 5.75 Å². The van der Waals surface area contributed by atoms with E-state index < -0.39 is 0 Å². The van der Waals surface area contributed by atoms with Crippen LogP contribution < -0.4 is 4.74 Å². The Bertz CT molecular complexity index is 926. The molecular weight excluding hydrogens is 338 g/mol. The van der Waals surface area contributed by atoms with Gasteiger partial charge in [0.2, 0.25) is 0 Å². The van der Waals surface area contributed by atoms with E-state index in [0.29, 0.717) is 5.56 Å². The first-order chi connectivity index (χ1) is 13.2. The molecule has 0 atom stereocenters. The van der Waals surface area contributed by atoms with E-state index in [2.05, 4.69) is 34.1 Å². The van der Waals surface area contributed by atoms with Gasteiger partial charge >= 0.3 is 0 Å². The zero-order chi connectivity index (χ0) is 18.6. The highest BCUT2D eigenvalue weighted by molar-refractivity contribution is 5.94. The fourth-order valence-electron chi connectivity index (χ4n) is 3.56. The molecule has 1 saturated heterocycles. The van der Waals surface area contributed by atoms with Gasteiger partial charge in [-0.1, -0.05) is 24.3 Å². The number of carbonyl (C=O) groups excluding carboxylic acids is 1. The molecule has 2 heterocycles. The van der Waals surface area contributed by atoms with E-state index in [9.17, 15) is 4.79 Å². The number of pyridine rings is 1. The van der Waals surface area contributed by atoms with Crippen LogP contribution in [0.3, 0.4) is 0 Å². The normalized spacial score (nSPS) is 15.1. The quantitative estimate of drug-likeness (QED) is 0.716. The SMILES string of the molecule is COc1ccc(C(=O)N2CCN(Cc3cccc4cccnc34)CC2)cc1. The lowest BCUT2D eigenvalue weighted by Gasteiger charge is -2.35. The summed E-state index contributed by atoms with van der Waals surface area (Å²) in [5.41, 5.74) is 3.02. The summed E-state index contributed by atoms with van der Waals surface area (Å²) in [6.45, 7) is 4.07. The number of nitrogens with zero attached hydrogens (tertiary/aromatic N) is 3. The predicted octanol–water partition coefficient (Wildman–Crippen LogP) is 3.20. The maximum Gasteiger partial charge on any atom is 0.253 e. The van der Waals surface area contributed by atoms with E-state index in [4.69, 9.17) is 4.74 Å². The minimum atomic E-state index is 0.0872. The van der Waals surface area contributed by atoms with E-state index >= 15 is 0 Å². The zero-order valence-corrected chi connectivity index (χ0v) is 15.5. The lowest BCUT2D eigenvalue weighted by atomic mass is 10.1. The summed E-state index contributed by atoms with van der Waals surface area (Å²) >= 11 is 0. The Balaban J connectivity index is 1.39. The van der Waals surface area contributed by atoms with Crippen LogP contribution >= 0.6 is 0 Å². The number of piperazine rings is 1. The van der Waals surface area contributed by atoms with Crippen molar-refractivity contribution in [3.05, 3.63) is 71.9 Å². The predicted molar refractivity (Wildman–Crippen MR) is 106 cm³/mol. The number of fused-ring (bicyclic) bond motifs is 1. The van der Waals surface area contributed by atoms with Crippen molar-refractivity contribution in [2.24, 2.45) is 0 Å². The van der Waals surface area contributed by atoms with Crippen molar-refractivity contribution in [3.63, 3.8) is 0 Å². The zero-order valence-electron chi connectivity index (χ0n) is 15.5. The summed E-state index contributed by atoms with van der Waals surface area (Å²) < 4.78 is 5.16. The van der Waals surface area contributed by atoms with Crippen LogP contribution in [0.4, 0.5) is 0 Å². The Morgan fingerprint density at radius 2 is 1.74 bits per heavy atom. The van der Waals surface area contributed by atoms with Crippen LogP contribution in [0.1, 0.15) is 15.9 Å². The summed E-state index contributed by atoms with van der Waals surface area (Å²) in [5.74, 6) is 0.851. The monoisotopic (exact) mass is 361 g/mol. The molecule has 2 aromatic carbocycles. The van der Waals surface area contributed by atoms with E-state index in [1.807, 2.05) is 41.4 Å². The van der Waals surface area contributed by atoms with Crippen LogP contribution in [0.15, 0.2) is 60.8 Å². The Morgan fingerprint density at radius 3 is 2.48 bits per heavy atom. The number of hydrogen-bond acceptors (Lipinski definition) is 4. The summed E-state index contributed by atoms with van der Waals surface area (Å²) in [6.07, 6.45) is 1.84. The number of benzene rings is 2. The van der Waals surface area contributed by atoms with Crippen molar-refractivity contribution in [2.45, 2.75) is 6.54 Å². The van der Waals surface area contributed by atoms with Gasteiger partial charge in [-0.3, -0.25) is 14.7 Å². The molecule has 4 rings (SSSR count). The van der Waals surface area contributed by atoms with Gasteiger partial charge < -0.3 is 9.64 Å². The lowest BCUT2D eigenvalue weighted by molar-refractivity contribution is 0.0629. The molecule has 1 aliphatic rings. The van der Waals surface area contributed by atoms with Crippen molar-refractivity contribution >= 4 is 16.8 Å². The van der Waals surface area contributed by atoms with Crippen molar-refractivity contribution in [1.82, 2.24) is 14.8 Å². The first-order valence-electron chi connectivity index (χ1n) is 9.23. The second-order valence-corrected chi connectivity index (χ2v) is 6.79.